The summed E-state index contributed by atoms with van der Waals surface area (Å²) in [5.41, 5.74) is 1.01. The van der Waals surface area contributed by atoms with E-state index in [1.54, 1.807) is 29.4 Å². The quantitative estimate of drug-likeness (QED) is 0.729. The molecule has 2 N–H and O–H groups in total. The Kier molecular flexibility index (Phi) is 6.99. The average Bonchev–Trinajstić information content (AvgIpc) is 2.78. The van der Waals surface area contributed by atoms with Gasteiger partial charge in [-0.1, -0.05) is 11.6 Å². The number of hydrogen-bond acceptors (Lipinski definition) is 5. The molecule has 3 amide bonds. The molecule has 0 saturated carbocycles. The molecule has 1 saturated heterocycles. The van der Waals surface area contributed by atoms with Gasteiger partial charge in [-0.2, -0.15) is 5.26 Å². The molecule has 154 valence electrons. The van der Waals surface area contributed by atoms with Crippen molar-refractivity contribution in [3.63, 3.8) is 0 Å². The number of anilines is 1. The maximum absolute atomic E-state index is 12.5. The topological polar surface area (TPSA) is 115 Å². The van der Waals surface area contributed by atoms with Crippen LogP contribution < -0.4 is 10.6 Å². The summed E-state index contributed by atoms with van der Waals surface area (Å²) in [5.74, 6) is -1.51. The van der Waals surface area contributed by atoms with Crippen molar-refractivity contribution >= 4 is 35.0 Å². The number of carbonyl (C=O) groups is 3. The first-order valence-electron chi connectivity index (χ1n) is 9.46. The van der Waals surface area contributed by atoms with Gasteiger partial charge >= 0.3 is 11.8 Å². The van der Waals surface area contributed by atoms with Crippen LogP contribution in [-0.2, 0) is 9.59 Å². The van der Waals surface area contributed by atoms with Gasteiger partial charge in [0.25, 0.3) is 5.91 Å². The van der Waals surface area contributed by atoms with Gasteiger partial charge in [-0.3, -0.25) is 19.4 Å². The van der Waals surface area contributed by atoms with E-state index in [0.717, 1.165) is 12.8 Å². The summed E-state index contributed by atoms with van der Waals surface area (Å²) in [7, 11) is 0. The number of nitrogens with one attached hydrogen (secondary N) is 2. The van der Waals surface area contributed by atoms with Crippen LogP contribution in [-0.4, -0.2) is 47.2 Å². The van der Waals surface area contributed by atoms with Crippen molar-refractivity contribution in [2.24, 2.45) is 5.92 Å². The molecule has 3 rings (SSSR count). The van der Waals surface area contributed by atoms with Crippen LogP contribution in [0.2, 0.25) is 5.02 Å². The van der Waals surface area contributed by atoms with Crippen LogP contribution in [0, 0.1) is 17.2 Å². The van der Waals surface area contributed by atoms with Gasteiger partial charge in [-0.15, -0.1) is 0 Å². The Labute approximate surface area is 178 Å². The number of benzene rings is 1. The molecule has 1 aromatic heterocycles. The molecule has 9 heteroatoms. The largest absolute Gasteiger partial charge is 0.348 e. The highest BCUT2D eigenvalue weighted by Crippen LogP contribution is 2.21. The van der Waals surface area contributed by atoms with Crippen LogP contribution >= 0.6 is 11.6 Å². The molecule has 1 fully saturated rings. The first-order valence-corrected chi connectivity index (χ1v) is 9.84. The lowest BCUT2D eigenvalue weighted by molar-refractivity contribution is -0.136. The fraction of sp³-hybridized carbons (Fsp3) is 0.286. The van der Waals surface area contributed by atoms with Gasteiger partial charge in [0.05, 0.1) is 11.3 Å². The molecule has 0 unspecified atom stereocenters. The number of aromatic nitrogens is 1. The molecule has 0 aliphatic carbocycles. The highest BCUT2D eigenvalue weighted by molar-refractivity contribution is 6.40. The van der Waals surface area contributed by atoms with E-state index >= 15 is 0 Å². The molecule has 0 atom stereocenters. The van der Waals surface area contributed by atoms with Gasteiger partial charge in [0.2, 0.25) is 0 Å². The van der Waals surface area contributed by atoms with Crippen molar-refractivity contribution in [2.45, 2.75) is 12.8 Å². The highest BCUT2D eigenvalue weighted by Gasteiger charge is 2.25. The lowest BCUT2D eigenvalue weighted by atomic mass is 9.96. The van der Waals surface area contributed by atoms with Gasteiger partial charge in [-0.25, -0.2) is 0 Å². The van der Waals surface area contributed by atoms with Crippen molar-refractivity contribution in [3.8, 4) is 6.07 Å². The molecule has 1 aliphatic rings. The zero-order chi connectivity index (χ0) is 21.5. The molecule has 1 aliphatic heterocycles. The summed E-state index contributed by atoms with van der Waals surface area (Å²) in [5, 5.41) is 14.5. The summed E-state index contributed by atoms with van der Waals surface area (Å²) in [6.45, 7) is 1.51. The number of nitrogens with zero attached hydrogens (tertiary/aromatic N) is 3. The maximum Gasteiger partial charge on any atom is 0.313 e. The number of nitriles is 1. The van der Waals surface area contributed by atoms with Crippen molar-refractivity contribution in [3.05, 3.63) is 58.9 Å². The van der Waals surface area contributed by atoms with E-state index in [2.05, 4.69) is 15.6 Å². The second-order valence-corrected chi connectivity index (χ2v) is 7.37. The van der Waals surface area contributed by atoms with E-state index in [4.69, 9.17) is 16.9 Å². The molecule has 2 heterocycles. The minimum Gasteiger partial charge on any atom is -0.348 e. The minimum atomic E-state index is -0.862. The van der Waals surface area contributed by atoms with Gasteiger partial charge in [0, 0.05) is 42.6 Å². The number of pyridine rings is 1. The van der Waals surface area contributed by atoms with Gasteiger partial charge in [0.1, 0.15) is 6.07 Å². The van der Waals surface area contributed by atoms with E-state index in [0.29, 0.717) is 30.2 Å². The fourth-order valence-corrected chi connectivity index (χ4v) is 3.40. The first-order chi connectivity index (χ1) is 14.5. The Morgan fingerprint density at radius 1 is 1.13 bits per heavy atom. The summed E-state index contributed by atoms with van der Waals surface area (Å²) in [6, 6.07) is 9.72. The lowest BCUT2D eigenvalue weighted by Crippen LogP contribution is -2.43. The number of hydrogen-bond donors (Lipinski definition) is 2. The lowest BCUT2D eigenvalue weighted by Gasteiger charge is -2.32. The molecule has 8 nitrogen and oxygen atoms in total. The fourth-order valence-electron chi connectivity index (χ4n) is 3.23. The third-order valence-corrected chi connectivity index (χ3v) is 5.17. The highest BCUT2D eigenvalue weighted by atomic mass is 35.5. The van der Waals surface area contributed by atoms with Crippen LogP contribution in [0.15, 0.2) is 42.7 Å². The minimum absolute atomic E-state index is 0.0333. The average molecular weight is 426 g/mol. The molecule has 2 aromatic rings. The monoisotopic (exact) mass is 425 g/mol. The molecule has 0 spiro atoms. The van der Waals surface area contributed by atoms with Crippen LogP contribution in [0.5, 0.6) is 0 Å². The molecule has 30 heavy (non-hydrogen) atoms. The van der Waals surface area contributed by atoms with E-state index < -0.39 is 11.8 Å². The van der Waals surface area contributed by atoms with E-state index in [-0.39, 0.29) is 23.1 Å². The Morgan fingerprint density at radius 3 is 2.50 bits per heavy atom. The summed E-state index contributed by atoms with van der Waals surface area (Å²) >= 11 is 5.88. The van der Waals surface area contributed by atoms with Gasteiger partial charge in [-0.05, 0) is 49.1 Å². The normalized spacial score (nSPS) is 13.9. The van der Waals surface area contributed by atoms with Crippen molar-refractivity contribution < 1.29 is 14.4 Å². The molecule has 0 bridgehead atoms. The molecule has 1 aromatic carbocycles. The van der Waals surface area contributed by atoms with Crippen molar-refractivity contribution in [1.82, 2.24) is 15.2 Å². The zero-order valence-corrected chi connectivity index (χ0v) is 16.9. The summed E-state index contributed by atoms with van der Waals surface area (Å²) in [4.78, 5) is 42.4. The second kappa shape index (κ2) is 9.85. The van der Waals surface area contributed by atoms with Crippen molar-refractivity contribution in [1.29, 1.82) is 5.26 Å². The Morgan fingerprint density at radius 2 is 1.83 bits per heavy atom. The predicted octanol–water partition coefficient (Wildman–Crippen LogP) is 2.21. The molecular weight excluding hydrogens is 406 g/mol. The van der Waals surface area contributed by atoms with Crippen LogP contribution in [0.4, 0.5) is 5.69 Å². The van der Waals surface area contributed by atoms with Gasteiger partial charge in [0.15, 0.2) is 0 Å². The number of halogens is 1. The predicted molar refractivity (Wildman–Crippen MR) is 111 cm³/mol. The summed E-state index contributed by atoms with van der Waals surface area (Å²) < 4.78 is 0. The summed E-state index contributed by atoms with van der Waals surface area (Å²) in [6.07, 6.45) is 4.63. The zero-order valence-electron chi connectivity index (χ0n) is 16.1. The van der Waals surface area contributed by atoms with Crippen LogP contribution in [0.3, 0.4) is 0 Å². The standard InChI is InChI=1S/C21H20ClN5O3/c22-17-2-1-16(12-23)18(11-17)26-20(29)19(28)25-13-14-5-9-27(10-6-14)21(30)15-3-7-24-8-4-15/h1-4,7-8,11,14H,5-6,9-10,13H2,(H,25,28)(H,26,29). The maximum atomic E-state index is 12.5. The number of amides is 3. The van der Waals surface area contributed by atoms with Crippen LogP contribution in [0.1, 0.15) is 28.8 Å². The Hall–Kier alpha value is -3.44. The first kappa shape index (κ1) is 21.3. The Balaban J connectivity index is 1.46. The number of rotatable bonds is 4. The third kappa shape index (κ3) is 5.33. The van der Waals surface area contributed by atoms with Crippen molar-refractivity contribution in [2.75, 3.05) is 25.0 Å². The Bertz CT molecular complexity index is 982. The van der Waals surface area contributed by atoms with Crippen LogP contribution in [0.25, 0.3) is 0 Å². The van der Waals surface area contributed by atoms with E-state index in [1.807, 2.05) is 6.07 Å². The second-order valence-electron chi connectivity index (χ2n) is 6.94. The number of likely N-dealkylation sites (tertiary alicyclic amines) is 1. The third-order valence-electron chi connectivity index (χ3n) is 4.94. The molecule has 0 radical (unpaired) electrons. The van der Waals surface area contributed by atoms with E-state index in [1.165, 1.54) is 18.2 Å². The van der Waals surface area contributed by atoms with E-state index in [9.17, 15) is 14.4 Å². The molecular formula is C21H20ClN5O3. The SMILES string of the molecule is N#Cc1ccc(Cl)cc1NC(=O)C(=O)NCC1CCN(C(=O)c2ccncc2)CC1. The smallest absolute Gasteiger partial charge is 0.313 e. The van der Waals surface area contributed by atoms with Gasteiger partial charge < -0.3 is 15.5 Å². The number of carbonyl (C=O) groups excluding carboxylic acids is 3. The number of piperidine rings is 1.